The molecule has 214 valence electrons. The van der Waals surface area contributed by atoms with Crippen LogP contribution in [0.4, 0.5) is 5.69 Å². The van der Waals surface area contributed by atoms with Crippen LogP contribution in [-0.4, -0.2) is 49.5 Å². The third kappa shape index (κ3) is 8.93. The Balaban J connectivity index is 2.09. The van der Waals surface area contributed by atoms with Gasteiger partial charge in [-0.05, 0) is 69.5 Å². The second-order valence-corrected chi connectivity index (χ2v) is 13.9. The van der Waals surface area contributed by atoms with E-state index in [1.807, 2.05) is 89.2 Å². The predicted molar refractivity (Wildman–Crippen MR) is 165 cm³/mol. The quantitative estimate of drug-likeness (QED) is 0.327. The molecule has 7 nitrogen and oxygen atoms in total. The maximum atomic E-state index is 14.1. The third-order valence-corrected chi connectivity index (χ3v) is 8.34. The smallest absolute Gasteiger partial charge is 0.244 e. The van der Waals surface area contributed by atoms with Gasteiger partial charge < -0.3 is 10.2 Å². The van der Waals surface area contributed by atoms with Crippen LogP contribution in [0.2, 0.25) is 0 Å². The molecule has 0 unspecified atom stereocenters. The maximum absolute atomic E-state index is 14.1. The number of nitrogens with one attached hydrogen (secondary N) is 1. The summed E-state index contributed by atoms with van der Waals surface area (Å²) < 4.78 is 27.8. The Bertz CT molecular complexity index is 1450. The van der Waals surface area contributed by atoms with Gasteiger partial charge in [0.05, 0.1) is 11.9 Å². The fourth-order valence-electron chi connectivity index (χ4n) is 4.41. The van der Waals surface area contributed by atoms with Crippen molar-refractivity contribution >= 4 is 43.5 Å². The fraction of sp³-hybridized carbons (Fsp3) is 0.355. The van der Waals surface area contributed by atoms with Gasteiger partial charge in [-0.2, -0.15) is 0 Å². The molecule has 0 aliphatic heterocycles. The highest BCUT2D eigenvalue weighted by Gasteiger charge is 2.34. The minimum Gasteiger partial charge on any atom is -0.350 e. The molecule has 0 fully saturated rings. The standard InChI is InChI=1S/C31H38BrN3O4S/c1-22-11-10-14-25(17-22)20-34(28(30(37)33-31(3,4)5)19-24-12-8-7-9-13-24)29(36)21-35(40(6,38)39)26-15-16-27(32)23(2)18-26/h7-18,28H,19-21H2,1-6H3,(H,33,37)/t28-/m1/s1. The lowest BCUT2D eigenvalue weighted by atomic mass is 10.0. The summed E-state index contributed by atoms with van der Waals surface area (Å²) in [5, 5.41) is 3.03. The molecule has 0 radical (unpaired) electrons. The number of carbonyl (C=O) groups excluding carboxylic acids is 2. The number of hydrogen-bond acceptors (Lipinski definition) is 4. The lowest BCUT2D eigenvalue weighted by molar-refractivity contribution is -0.140. The van der Waals surface area contributed by atoms with Crippen LogP contribution in [0.1, 0.15) is 43.0 Å². The van der Waals surface area contributed by atoms with Gasteiger partial charge in [-0.1, -0.05) is 76.1 Å². The van der Waals surface area contributed by atoms with E-state index in [2.05, 4.69) is 21.2 Å². The molecule has 3 aromatic rings. The van der Waals surface area contributed by atoms with Crippen LogP contribution in [0.25, 0.3) is 0 Å². The summed E-state index contributed by atoms with van der Waals surface area (Å²) in [6.07, 6.45) is 1.35. The topological polar surface area (TPSA) is 86.8 Å². The average molecular weight is 629 g/mol. The molecule has 0 aromatic heterocycles. The van der Waals surface area contributed by atoms with E-state index >= 15 is 0 Å². The molecule has 40 heavy (non-hydrogen) atoms. The Morgan fingerprint density at radius 2 is 1.57 bits per heavy atom. The number of nitrogens with zero attached hydrogens (tertiary/aromatic N) is 2. The van der Waals surface area contributed by atoms with Gasteiger partial charge in [0.15, 0.2) is 0 Å². The molecule has 3 rings (SSSR count). The van der Waals surface area contributed by atoms with Crippen LogP contribution in [0, 0.1) is 13.8 Å². The molecule has 1 N–H and O–H groups in total. The molecule has 9 heteroatoms. The molecule has 2 amide bonds. The van der Waals surface area contributed by atoms with Crippen LogP contribution in [-0.2, 0) is 32.6 Å². The number of rotatable bonds is 10. The second kappa shape index (κ2) is 13.0. The SMILES string of the molecule is Cc1cccc(CN(C(=O)CN(c2ccc(Br)c(C)c2)S(C)(=O)=O)[C@H](Cc2ccccc2)C(=O)NC(C)(C)C)c1. The fourth-order valence-corrected chi connectivity index (χ4v) is 5.50. The first-order valence-electron chi connectivity index (χ1n) is 13.1. The highest BCUT2D eigenvalue weighted by atomic mass is 79.9. The zero-order chi connectivity index (χ0) is 29.7. The number of benzene rings is 3. The van der Waals surface area contributed by atoms with E-state index in [0.29, 0.717) is 5.69 Å². The number of hydrogen-bond donors (Lipinski definition) is 1. The van der Waals surface area contributed by atoms with Crippen LogP contribution < -0.4 is 9.62 Å². The Morgan fingerprint density at radius 1 is 0.925 bits per heavy atom. The summed E-state index contributed by atoms with van der Waals surface area (Å²) >= 11 is 3.45. The summed E-state index contributed by atoms with van der Waals surface area (Å²) in [4.78, 5) is 29.4. The zero-order valence-electron chi connectivity index (χ0n) is 23.9. The molecule has 0 saturated heterocycles. The molecular weight excluding hydrogens is 590 g/mol. The van der Waals surface area contributed by atoms with E-state index in [1.54, 1.807) is 18.2 Å². The Morgan fingerprint density at radius 3 is 2.15 bits per heavy atom. The Kier molecular flexibility index (Phi) is 10.2. The van der Waals surface area contributed by atoms with Crippen molar-refractivity contribution in [2.45, 2.75) is 59.2 Å². The van der Waals surface area contributed by atoms with E-state index in [9.17, 15) is 18.0 Å². The van der Waals surface area contributed by atoms with Crippen LogP contribution in [0.5, 0.6) is 0 Å². The second-order valence-electron chi connectivity index (χ2n) is 11.2. The van der Waals surface area contributed by atoms with Crippen molar-refractivity contribution in [1.82, 2.24) is 10.2 Å². The summed E-state index contributed by atoms with van der Waals surface area (Å²) in [7, 11) is -3.82. The van der Waals surface area contributed by atoms with E-state index in [1.165, 1.54) is 4.90 Å². The van der Waals surface area contributed by atoms with Crippen molar-refractivity contribution in [3.8, 4) is 0 Å². The van der Waals surface area contributed by atoms with Crippen molar-refractivity contribution in [3.05, 3.63) is 99.5 Å². The van der Waals surface area contributed by atoms with E-state index < -0.39 is 34.1 Å². The molecule has 0 aliphatic rings. The van der Waals surface area contributed by atoms with Crippen molar-refractivity contribution in [3.63, 3.8) is 0 Å². The monoisotopic (exact) mass is 627 g/mol. The summed E-state index contributed by atoms with van der Waals surface area (Å²) in [6.45, 7) is 9.18. The van der Waals surface area contributed by atoms with Crippen LogP contribution in [0.15, 0.2) is 77.3 Å². The van der Waals surface area contributed by atoms with Gasteiger partial charge in [-0.15, -0.1) is 0 Å². The zero-order valence-corrected chi connectivity index (χ0v) is 26.3. The first-order chi connectivity index (χ1) is 18.6. The normalized spacial score (nSPS) is 12.5. The number of halogens is 1. The van der Waals surface area contributed by atoms with Crippen molar-refractivity contribution in [1.29, 1.82) is 0 Å². The summed E-state index contributed by atoms with van der Waals surface area (Å²) in [5.41, 5.74) is 3.44. The van der Waals surface area contributed by atoms with Gasteiger partial charge in [0.2, 0.25) is 21.8 Å². The lowest BCUT2D eigenvalue weighted by Gasteiger charge is -2.35. The highest BCUT2D eigenvalue weighted by Crippen LogP contribution is 2.25. The highest BCUT2D eigenvalue weighted by molar-refractivity contribution is 9.10. The van der Waals surface area contributed by atoms with Gasteiger partial charge in [-0.3, -0.25) is 13.9 Å². The van der Waals surface area contributed by atoms with Gasteiger partial charge in [0, 0.05) is 23.0 Å². The van der Waals surface area contributed by atoms with E-state index in [-0.39, 0.29) is 18.9 Å². The molecule has 0 saturated carbocycles. The minimum absolute atomic E-state index is 0.145. The van der Waals surface area contributed by atoms with Gasteiger partial charge in [0.1, 0.15) is 12.6 Å². The Hall–Kier alpha value is -3.17. The predicted octanol–water partition coefficient (Wildman–Crippen LogP) is 5.39. The number of anilines is 1. The van der Waals surface area contributed by atoms with E-state index in [0.717, 1.165) is 37.3 Å². The maximum Gasteiger partial charge on any atom is 0.244 e. The largest absolute Gasteiger partial charge is 0.350 e. The average Bonchev–Trinajstić information content (AvgIpc) is 2.85. The number of carbonyl (C=O) groups is 2. The number of sulfonamides is 1. The summed E-state index contributed by atoms with van der Waals surface area (Å²) in [6, 6.07) is 21.5. The molecule has 0 bridgehead atoms. The van der Waals surface area contributed by atoms with Crippen LogP contribution >= 0.6 is 15.9 Å². The van der Waals surface area contributed by atoms with Crippen LogP contribution in [0.3, 0.4) is 0 Å². The molecule has 0 heterocycles. The number of aryl methyl sites for hydroxylation is 2. The van der Waals surface area contributed by atoms with Crippen molar-refractivity contribution < 1.29 is 18.0 Å². The lowest BCUT2D eigenvalue weighted by Crippen LogP contribution is -2.56. The molecule has 0 spiro atoms. The first-order valence-corrected chi connectivity index (χ1v) is 15.7. The Labute approximate surface area is 246 Å². The van der Waals surface area contributed by atoms with Gasteiger partial charge in [-0.25, -0.2) is 8.42 Å². The van der Waals surface area contributed by atoms with Gasteiger partial charge in [0.25, 0.3) is 0 Å². The van der Waals surface area contributed by atoms with Crippen molar-refractivity contribution in [2.75, 3.05) is 17.1 Å². The minimum atomic E-state index is -3.82. The molecular formula is C31H38BrN3O4S. The van der Waals surface area contributed by atoms with Crippen molar-refractivity contribution in [2.24, 2.45) is 0 Å². The third-order valence-electron chi connectivity index (χ3n) is 6.31. The number of amides is 2. The molecule has 1 atom stereocenters. The first kappa shape index (κ1) is 31.4. The van der Waals surface area contributed by atoms with Gasteiger partial charge >= 0.3 is 0 Å². The molecule has 3 aromatic carbocycles. The summed E-state index contributed by atoms with van der Waals surface area (Å²) in [5.74, 6) is -0.778. The van der Waals surface area contributed by atoms with E-state index in [4.69, 9.17) is 0 Å². The molecule has 0 aliphatic carbocycles.